The van der Waals surface area contributed by atoms with Gasteiger partial charge in [0.25, 0.3) is 0 Å². The fourth-order valence-electron chi connectivity index (χ4n) is 6.96. The van der Waals surface area contributed by atoms with E-state index in [9.17, 15) is 4.79 Å². The van der Waals surface area contributed by atoms with Crippen molar-refractivity contribution in [1.82, 2.24) is 15.0 Å². The number of carbonyl (C=O) groups excluding carboxylic acids is 1. The van der Waals surface area contributed by atoms with Crippen molar-refractivity contribution >= 4 is 18.1 Å². The van der Waals surface area contributed by atoms with Gasteiger partial charge in [0, 0.05) is 25.2 Å². The van der Waals surface area contributed by atoms with E-state index in [1.807, 2.05) is 53.2 Å². The van der Waals surface area contributed by atoms with Crippen molar-refractivity contribution in [1.29, 1.82) is 0 Å². The highest BCUT2D eigenvalue weighted by Gasteiger charge is 2.15. The summed E-state index contributed by atoms with van der Waals surface area (Å²) in [6.07, 6.45) is 32.3. The van der Waals surface area contributed by atoms with Gasteiger partial charge >= 0.3 is 5.97 Å². The van der Waals surface area contributed by atoms with Crippen LogP contribution >= 0.6 is 0 Å². The van der Waals surface area contributed by atoms with Gasteiger partial charge in [0.2, 0.25) is 5.75 Å². The first-order valence-electron chi connectivity index (χ1n) is 20.6. The Hall–Kier alpha value is -4.47. The van der Waals surface area contributed by atoms with Crippen molar-refractivity contribution < 1.29 is 33.2 Å². The minimum absolute atomic E-state index is 0.0535. The van der Waals surface area contributed by atoms with Crippen molar-refractivity contribution in [3.63, 3.8) is 0 Å². The minimum Gasteiger partial charge on any atom is -0.493 e. The zero-order valence-corrected chi connectivity index (χ0v) is 33.9. The van der Waals surface area contributed by atoms with Crippen molar-refractivity contribution in [2.45, 2.75) is 135 Å². The van der Waals surface area contributed by atoms with Gasteiger partial charge in [0.15, 0.2) is 23.0 Å². The first-order valence-corrected chi connectivity index (χ1v) is 20.6. The van der Waals surface area contributed by atoms with Crippen LogP contribution in [-0.2, 0) is 22.5 Å². The number of hydrogen-bond acceptors (Lipinski definition) is 9. The Morgan fingerprint density at radius 3 is 1.93 bits per heavy atom. The number of esters is 1. The van der Waals surface area contributed by atoms with Crippen LogP contribution in [0.1, 0.15) is 132 Å². The first-order chi connectivity index (χ1) is 27.0. The molecule has 1 atom stereocenters. The summed E-state index contributed by atoms with van der Waals surface area (Å²) in [6, 6.07) is 9.83. The lowest BCUT2D eigenvalue weighted by Gasteiger charge is -2.18. The van der Waals surface area contributed by atoms with E-state index in [1.54, 1.807) is 28.4 Å². The third-order valence-electron chi connectivity index (χ3n) is 10.1. The largest absolute Gasteiger partial charge is 0.493 e. The molecule has 10 heteroatoms. The molecular formula is C45H65N3O7. The fourth-order valence-corrected chi connectivity index (χ4v) is 6.96. The summed E-state index contributed by atoms with van der Waals surface area (Å²) < 4.78 is 35.4. The normalized spacial score (nSPS) is 14.0. The number of cyclic esters (lactones) is 1. The smallest absolute Gasteiger partial charge is 0.330 e. The first kappa shape index (κ1) is 43.3. The summed E-state index contributed by atoms with van der Waals surface area (Å²) in [5.41, 5.74) is 3.06. The van der Waals surface area contributed by atoms with E-state index < -0.39 is 0 Å². The molecule has 1 aliphatic heterocycles. The number of hydrogen-bond donors (Lipinski definition) is 0. The minimum atomic E-state index is -0.206. The van der Waals surface area contributed by atoms with Gasteiger partial charge in [-0.2, -0.15) is 0 Å². The highest BCUT2D eigenvalue weighted by Crippen LogP contribution is 2.39. The second-order valence-corrected chi connectivity index (χ2v) is 14.4. The van der Waals surface area contributed by atoms with Crippen LogP contribution in [0.2, 0.25) is 0 Å². The number of carbonyl (C=O) groups is 1. The van der Waals surface area contributed by atoms with E-state index >= 15 is 0 Å². The molecule has 0 amide bonds. The van der Waals surface area contributed by atoms with Gasteiger partial charge in [-0.25, -0.2) is 4.79 Å². The maximum Gasteiger partial charge on any atom is 0.330 e. The number of aryl methyl sites for hydroxylation is 2. The summed E-state index contributed by atoms with van der Waals surface area (Å²) in [4.78, 5) is 11.3. The summed E-state index contributed by atoms with van der Waals surface area (Å²) >= 11 is 0. The molecule has 1 aromatic heterocycles. The molecule has 0 fully saturated rings. The van der Waals surface area contributed by atoms with Crippen LogP contribution in [0.15, 0.2) is 48.7 Å². The average molecular weight is 760 g/mol. The lowest BCUT2D eigenvalue weighted by molar-refractivity contribution is -0.144. The number of ether oxygens (including phenoxy) is 6. The van der Waals surface area contributed by atoms with E-state index in [-0.39, 0.29) is 12.1 Å². The SMILES string of the molecule is COc1ccc(/C=C\c2cc(OC)c(OC)c(OC)c2)cc1OCCCCCCCCCCCCCCCc1cn(CCCCC[C@@H]2CC=CC(=O)O2)nn1. The Morgan fingerprint density at radius 1 is 0.691 bits per heavy atom. The zero-order valence-electron chi connectivity index (χ0n) is 33.9. The average Bonchev–Trinajstić information content (AvgIpc) is 3.66. The predicted octanol–water partition coefficient (Wildman–Crippen LogP) is 10.6. The second-order valence-electron chi connectivity index (χ2n) is 14.4. The Kier molecular flexibility index (Phi) is 20.1. The molecule has 0 N–H and O–H groups in total. The maximum absolute atomic E-state index is 11.3. The van der Waals surface area contributed by atoms with Crippen LogP contribution in [0, 0.1) is 0 Å². The molecule has 3 aromatic rings. The number of benzene rings is 2. The third-order valence-corrected chi connectivity index (χ3v) is 10.1. The summed E-state index contributed by atoms with van der Waals surface area (Å²) in [5, 5.41) is 8.69. The molecule has 0 saturated carbocycles. The van der Waals surface area contributed by atoms with Crippen molar-refractivity contribution in [3.8, 4) is 28.7 Å². The van der Waals surface area contributed by atoms with Gasteiger partial charge in [-0.15, -0.1) is 5.10 Å². The standard InChI is InChI=1S/C45H65N3O7/c1-50-40-29-28-36(26-27-37-33-42(51-2)45(53-4)43(34-37)52-3)32-41(40)54-31-20-15-13-11-9-7-5-6-8-10-12-14-17-22-38-35-48(47-46-38)30-19-16-18-23-39-24-21-25-44(49)55-39/h21,25-29,32-35,39H,5-20,22-24,30-31H2,1-4H3/b27-26-/t39-/m1/s1. The number of nitrogens with zero attached hydrogens (tertiary/aromatic N) is 3. The van der Waals surface area contributed by atoms with E-state index in [1.165, 1.54) is 83.1 Å². The van der Waals surface area contributed by atoms with E-state index in [0.29, 0.717) is 23.9 Å². The molecule has 0 aliphatic carbocycles. The molecule has 1 aliphatic rings. The summed E-state index contributed by atoms with van der Waals surface area (Å²) in [5.74, 6) is 3.11. The molecule has 10 nitrogen and oxygen atoms in total. The van der Waals surface area contributed by atoms with Crippen LogP contribution in [0.4, 0.5) is 0 Å². The van der Waals surface area contributed by atoms with E-state index in [2.05, 4.69) is 16.5 Å². The fraction of sp³-hybridized carbons (Fsp3) is 0.578. The monoisotopic (exact) mass is 759 g/mol. The van der Waals surface area contributed by atoms with Crippen LogP contribution < -0.4 is 23.7 Å². The maximum atomic E-state index is 11.3. The second kappa shape index (κ2) is 25.6. The molecular weight excluding hydrogens is 695 g/mol. The Balaban J connectivity index is 0.959. The molecule has 0 radical (unpaired) electrons. The lowest BCUT2D eigenvalue weighted by Crippen LogP contribution is -2.19. The predicted molar refractivity (Wildman–Crippen MR) is 219 cm³/mol. The van der Waals surface area contributed by atoms with Gasteiger partial charge in [0.1, 0.15) is 6.10 Å². The molecule has 4 rings (SSSR count). The third kappa shape index (κ3) is 16.0. The molecule has 0 saturated heterocycles. The number of methoxy groups -OCH3 is 4. The van der Waals surface area contributed by atoms with Crippen LogP contribution in [-0.4, -0.2) is 62.1 Å². The van der Waals surface area contributed by atoms with Crippen LogP contribution in [0.3, 0.4) is 0 Å². The van der Waals surface area contributed by atoms with Crippen molar-refractivity contribution in [2.75, 3.05) is 35.0 Å². The summed E-state index contributed by atoms with van der Waals surface area (Å²) in [6.45, 7) is 1.58. The molecule has 0 bridgehead atoms. The molecule has 0 unspecified atom stereocenters. The highest BCUT2D eigenvalue weighted by atomic mass is 16.5. The van der Waals surface area contributed by atoms with E-state index in [0.717, 1.165) is 79.8 Å². The summed E-state index contributed by atoms with van der Waals surface area (Å²) in [7, 11) is 6.51. The van der Waals surface area contributed by atoms with Crippen LogP contribution in [0.5, 0.6) is 28.7 Å². The van der Waals surface area contributed by atoms with Gasteiger partial charge in [-0.3, -0.25) is 4.68 Å². The molecule has 2 heterocycles. The van der Waals surface area contributed by atoms with Crippen molar-refractivity contribution in [2.24, 2.45) is 0 Å². The molecule has 0 spiro atoms. The topological polar surface area (TPSA) is 103 Å². The Labute approximate surface area is 329 Å². The van der Waals surface area contributed by atoms with Gasteiger partial charge in [-0.1, -0.05) is 107 Å². The Bertz CT molecular complexity index is 1580. The van der Waals surface area contributed by atoms with E-state index in [4.69, 9.17) is 28.4 Å². The highest BCUT2D eigenvalue weighted by molar-refractivity contribution is 5.82. The Morgan fingerprint density at radius 2 is 1.29 bits per heavy atom. The quantitative estimate of drug-likeness (QED) is 0.0389. The molecule has 2 aromatic carbocycles. The van der Waals surface area contributed by atoms with Crippen LogP contribution in [0.25, 0.3) is 12.2 Å². The molecule has 55 heavy (non-hydrogen) atoms. The van der Waals surface area contributed by atoms with Gasteiger partial charge in [-0.05, 0) is 73.9 Å². The zero-order chi connectivity index (χ0) is 38.9. The van der Waals surface area contributed by atoms with Crippen molar-refractivity contribution in [3.05, 3.63) is 65.5 Å². The number of aromatic nitrogens is 3. The number of unbranched alkanes of at least 4 members (excludes halogenated alkanes) is 14. The van der Waals surface area contributed by atoms with Gasteiger partial charge in [0.05, 0.1) is 40.7 Å². The lowest BCUT2D eigenvalue weighted by atomic mass is 10.0. The molecule has 302 valence electrons. The van der Waals surface area contributed by atoms with Gasteiger partial charge < -0.3 is 28.4 Å². The number of rotatable bonds is 29.